The Bertz CT molecular complexity index is 1360. The van der Waals surface area contributed by atoms with E-state index in [2.05, 4.69) is 30.4 Å². The Morgan fingerprint density at radius 3 is 1.68 bits per heavy atom. The van der Waals surface area contributed by atoms with E-state index in [1.807, 2.05) is 0 Å². The van der Waals surface area contributed by atoms with Crippen molar-refractivity contribution in [1.29, 1.82) is 0 Å². The number of alkyl halides is 3. The second kappa shape index (κ2) is 17.3. The van der Waals surface area contributed by atoms with Crippen molar-refractivity contribution < 1.29 is 23.7 Å². The van der Waals surface area contributed by atoms with E-state index in [0.29, 0.717) is 35.3 Å². The van der Waals surface area contributed by atoms with Gasteiger partial charge in [-0.1, -0.05) is 0 Å². The van der Waals surface area contributed by atoms with Crippen molar-refractivity contribution in [2.24, 2.45) is 0 Å². The predicted octanol–water partition coefficient (Wildman–Crippen LogP) is 6.61. The van der Waals surface area contributed by atoms with Gasteiger partial charge >= 0.3 is 6.18 Å². The lowest BCUT2D eigenvalue weighted by Gasteiger charge is -2.30. The van der Waals surface area contributed by atoms with Gasteiger partial charge < -0.3 is 50.0 Å². The summed E-state index contributed by atoms with van der Waals surface area (Å²) >= 11 is 0. The normalized spacial score (nSPS) is 14.3. The highest BCUT2D eigenvalue weighted by atomic mass is 35.5. The summed E-state index contributed by atoms with van der Waals surface area (Å²) in [5.41, 5.74) is -1.73. The summed E-state index contributed by atoms with van der Waals surface area (Å²) in [5.74, 6) is 0.900. The summed E-state index contributed by atoms with van der Waals surface area (Å²) in [4.78, 5) is 44.7. The second-order valence-corrected chi connectivity index (χ2v) is 9.62. The number of piperidine rings is 2. The maximum Gasteiger partial charge on any atom is 0.431 e. The van der Waals surface area contributed by atoms with Crippen LogP contribution in [0.15, 0.2) is 41.2 Å². The lowest BCUT2D eigenvalue weighted by atomic mass is 10.1. The molecule has 3 aromatic rings. The van der Waals surface area contributed by atoms with Crippen molar-refractivity contribution in [3.05, 3.63) is 58.0 Å². The Kier molecular flexibility index (Phi) is 15.7. The number of hydrogen-bond acceptors (Lipinski definition) is 12. The number of H-pyrrole nitrogens is 1. The fraction of sp³-hybridized carbons (Fsp3) is 0.423. The fourth-order valence-corrected chi connectivity index (χ4v) is 4.66. The Morgan fingerprint density at radius 1 is 0.750 bits per heavy atom. The van der Waals surface area contributed by atoms with Crippen LogP contribution in [-0.2, 0) is 6.18 Å². The molecule has 18 heteroatoms. The smallest absolute Gasteiger partial charge is 0.344 e. The zero-order valence-electron chi connectivity index (χ0n) is 24.5. The highest BCUT2D eigenvalue weighted by Crippen LogP contribution is 2.27. The molecule has 5 rings (SSSR count). The van der Waals surface area contributed by atoms with Crippen LogP contribution in [0.1, 0.15) is 60.3 Å². The zero-order valence-corrected chi connectivity index (χ0v) is 25.3. The molecular formula is C26H50ClF3N12O2. The van der Waals surface area contributed by atoms with Gasteiger partial charge in [-0.05, 0) is 74.9 Å². The maximum atomic E-state index is 12.8. The number of benzene rings is 1. The van der Waals surface area contributed by atoms with Gasteiger partial charge in [-0.25, -0.2) is 0 Å². The molecule has 2 aliphatic rings. The van der Waals surface area contributed by atoms with E-state index in [1.54, 1.807) is 29.2 Å². The van der Waals surface area contributed by atoms with Crippen molar-refractivity contribution in [2.75, 3.05) is 46.6 Å². The minimum atomic E-state index is -4.71. The molecule has 4 heterocycles. The number of carbonyl (C=O) groups excluding carboxylic acids is 1. The number of nitrogens with zero attached hydrogens (tertiary/aromatic N) is 5. The molecular weight excluding hydrogens is 605 g/mol. The van der Waals surface area contributed by atoms with Gasteiger partial charge in [0.15, 0.2) is 0 Å². The summed E-state index contributed by atoms with van der Waals surface area (Å²) in [7, 11) is 0. The summed E-state index contributed by atoms with van der Waals surface area (Å²) in [5, 5.41) is 5.74. The quantitative estimate of drug-likeness (QED) is 0.148. The zero-order chi connectivity index (χ0) is 27.4. The van der Waals surface area contributed by atoms with Gasteiger partial charge in [0.05, 0.1) is 0 Å². The molecule has 0 atom stereocenters. The van der Waals surface area contributed by atoms with Crippen LogP contribution in [0.4, 0.5) is 42.4 Å². The lowest BCUT2D eigenvalue weighted by molar-refractivity contribution is -0.141. The van der Waals surface area contributed by atoms with Gasteiger partial charge in [-0.3, -0.25) is 9.59 Å². The Morgan fingerprint density at radius 2 is 1.23 bits per heavy atom. The van der Waals surface area contributed by atoms with Crippen LogP contribution < -0.4 is 50.6 Å². The van der Waals surface area contributed by atoms with Gasteiger partial charge in [-0.15, -0.1) is 12.4 Å². The van der Waals surface area contributed by atoms with Crippen molar-refractivity contribution in [1.82, 2.24) is 44.5 Å². The molecule has 0 unspecified atom stereocenters. The van der Waals surface area contributed by atoms with Crippen LogP contribution in [0.25, 0.3) is 0 Å². The van der Waals surface area contributed by atoms with Crippen LogP contribution >= 0.6 is 12.4 Å². The SMILES string of the molecule is Cl.N.N.N.N.O=C(Nc1ccc(Nc2nc(N3CCCCC3)nc(N3CCCCC3)n2)cc1)c1ccc(C(F)(F)F)[nH]c1=O.[HH].[HH].[HH].[HH]. The molecule has 15 N–H and O–H groups in total. The first-order valence-electron chi connectivity index (χ1n) is 13.0. The molecule has 2 aliphatic heterocycles. The molecule has 44 heavy (non-hydrogen) atoms. The number of rotatable bonds is 6. The first-order chi connectivity index (χ1) is 18.8. The summed E-state index contributed by atoms with van der Waals surface area (Å²) in [6.45, 7) is 3.61. The number of amides is 1. The van der Waals surface area contributed by atoms with Crippen molar-refractivity contribution >= 4 is 47.5 Å². The Balaban J connectivity index is -0.000000685. The summed E-state index contributed by atoms with van der Waals surface area (Å²) in [6.07, 6.45) is 2.07. The molecule has 0 bridgehead atoms. The topological polar surface area (TPSA) is 259 Å². The molecule has 14 nitrogen and oxygen atoms in total. The standard InChI is InChI=1S/C26H29F3N8O2.ClH.4H3N.4H2/c27-26(28,29)20-12-11-19(22(39)32-20)21(38)30-17-7-9-18(10-8-17)31-23-33-24(36-13-3-1-4-14-36)35-25(34-23)37-15-5-2-6-16-37;;;;;;;;;/h7-12H,1-6,13-16H2,(H,30,38)(H,32,39)(H,31,33,34,35);1H;4*1H3;4*1H. The molecule has 0 saturated carbocycles. The molecule has 2 saturated heterocycles. The van der Waals surface area contributed by atoms with Crippen LogP contribution in [0.2, 0.25) is 0 Å². The minimum absolute atomic E-state index is 0. The summed E-state index contributed by atoms with van der Waals surface area (Å²) < 4.78 is 38.3. The molecule has 254 valence electrons. The van der Waals surface area contributed by atoms with Crippen LogP contribution in [0, 0.1) is 0 Å². The molecule has 2 aromatic heterocycles. The summed E-state index contributed by atoms with van der Waals surface area (Å²) in [6, 6.07) is 8.14. The number of halogens is 4. The number of anilines is 5. The molecule has 2 fully saturated rings. The second-order valence-electron chi connectivity index (χ2n) is 9.62. The largest absolute Gasteiger partial charge is 0.431 e. The lowest BCUT2D eigenvalue weighted by Crippen LogP contribution is -2.34. The maximum absolute atomic E-state index is 12.8. The van der Waals surface area contributed by atoms with Gasteiger partial charge in [-0.2, -0.15) is 28.1 Å². The average Bonchev–Trinajstić information content (AvgIpc) is 2.94. The molecule has 0 aliphatic carbocycles. The van der Waals surface area contributed by atoms with E-state index in [4.69, 9.17) is 4.98 Å². The van der Waals surface area contributed by atoms with Crippen LogP contribution in [0.5, 0.6) is 0 Å². The van der Waals surface area contributed by atoms with E-state index in [1.165, 1.54) is 12.8 Å². The van der Waals surface area contributed by atoms with E-state index < -0.39 is 28.9 Å². The monoisotopic (exact) mass is 654 g/mol. The van der Waals surface area contributed by atoms with E-state index >= 15 is 0 Å². The van der Waals surface area contributed by atoms with Crippen LogP contribution in [0.3, 0.4) is 0 Å². The Labute approximate surface area is 265 Å². The first-order valence-corrected chi connectivity index (χ1v) is 13.0. The van der Waals surface area contributed by atoms with Gasteiger partial charge in [0.1, 0.15) is 11.3 Å². The third-order valence-corrected chi connectivity index (χ3v) is 6.75. The number of nitrogens with one attached hydrogen (secondary N) is 3. The minimum Gasteiger partial charge on any atom is -0.344 e. The molecule has 0 radical (unpaired) electrons. The highest BCUT2D eigenvalue weighted by Gasteiger charge is 2.32. The number of carbonyl (C=O) groups is 1. The number of aromatic amines is 1. The fourth-order valence-electron chi connectivity index (χ4n) is 4.66. The number of pyridine rings is 1. The van der Waals surface area contributed by atoms with E-state index in [-0.39, 0.29) is 42.7 Å². The Hall–Kier alpha value is -4.03. The van der Waals surface area contributed by atoms with Crippen molar-refractivity contribution in [2.45, 2.75) is 44.7 Å². The highest BCUT2D eigenvalue weighted by molar-refractivity contribution is 6.04. The van der Waals surface area contributed by atoms with Crippen molar-refractivity contribution in [3.63, 3.8) is 0 Å². The number of aromatic nitrogens is 4. The van der Waals surface area contributed by atoms with E-state index in [9.17, 15) is 22.8 Å². The molecule has 0 spiro atoms. The predicted molar refractivity (Wildman–Crippen MR) is 177 cm³/mol. The van der Waals surface area contributed by atoms with Crippen LogP contribution in [-0.4, -0.2) is 52.0 Å². The average molecular weight is 655 g/mol. The third-order valence-electron chi connectivity index (χ3n) is 6.75. The number of hydrogen-bond donors (Lipinski definition) is 7. The first kappa shape index (κ1) is 40.0. The van der Waals surface area contributed by atoms with Gasteiger partial charge in [0, 0.05) is 43.3 Å². The van der Waals surface area contributed by atoms with Crippen molar-refractivity contribution in [3.8, 4) is 0 Å². The third kappa shape index (κ3) is 9.75. The van der Waals surface area contributed by atoms with Gasteiger partial charge in [0.25, 0.3) is 11.5 Å². The van der Waals surface area contributed by atoms with Gasteiger partial charge in [0.2, 0.25) is 17.8 Å². The molecule has 1 aromatic carbocycles. The van der Waals surface area contributed by atoms with E-state index in [0.717, 1.165) is 57.9 Å². The molecule has 1 amide bonds.